The highest BCUT2D eigenvalue weighted by Crippen LogP contribution is 2.57. The number of hydrogen-bond donors (Lipinski definition) is 0. The molecule has 562 valence electrons. The van der Waals surface area contributed by atoms with E-state index < -0.39 is 6.71 Å². The SMILES string of the molecule is CC(C)(C)c1cc2c3c(c1)N(c1c(-c4ccccc4)cccc1-c1ccccc1)c1cc(-c4ccccc4)ccc1B3c1c(cc3c4c1Oc1cc(-n5c6ccccc6c6ccccc65)ccc1B4c1ccc(-n4c5ccccc5c5ccccc54)cc1N3c1c(-c3ccccc3)cccc1-c1ccccc1)N2c1ccccc1-c1ccccc1. The van der Waals surface area contributed by atoms with Crippen LogP contribution < -0.4 is 52.2 Å². The highest BCUT2D eigenvalue weighted by molar-refractivity contribution is 7.03. The van der Waals surface area contributed by atoms with Crippen LogP contribution in [-0.4, -0.2) is 22.6 Å². The van der Waals surface area contributed by atoms with E-state index in [0.717, 1.165) is 190 Å². The number of benzene rings is 18. The zero-order valence-electron chi connectivity index (χ0n) is 66.6. The molecule has 4 aliphatic heterocycles. The zero-order valence-corrected chi connectivity index (χ0v) is 66.6. The molecule has 0 saturated carbocycles. The summed E-state index contributed by atoms with van der Waals surface area (Å²) in [6.07, 6.45) is 0. The Labute approximate surface area is 698 Å². The van der Waals surface area contributed by atoms with Crippen molar-refractivity contribution in [3.05, 3.63) is 418 Å². The first-order chi connectivity index (χ1) is 59.2. The van der Waals surface area contributed by atoms with Gasteiger partial charge in [0.05, 0.1) is 39.1 Å². The van der Waals surface area contributed by atoms with E-state index in [-0.39, 0.29) is 12.1 Å². The lowest BCUT2D eigenvalue weighted by Gasteiger charge is -2.48. The van der Waals surface area contributed by atoms with Crippen LogP contribution in [0.1, 0.15) is 26.3 Å². The summed E-state index contributed by atoms with van der Waals surface area (Å²) in [4.78, 5) is 8.03. The van der Waals surface area contributed by atoms with Gasteiger partial charge in [-0.25, -0.2) is 0 Å². The Morgan fingerprint density at radius 2 is 0.583 bits per heavy atom. The van der Waals surface area contributed by atoms with Crippen molar-refractivity contribution in [3.8, 4) is 89.6 Å². The normalized spacial score (nSPS) is 12.9. The van der Waals surface area contributed by atoms with Crippen LogP contribution in [0.4, 0.5) is 51.2 Å². The van der Waals surface area contributed by atoms with Crippen LogP contribution in [0, 0.1) is 0 Å². The first-order valence-corrected chi connectivity index (χ1v) is 41.8. The summed E-state index contributed by atoms with van der Waals surface area (Å²) in [7, 11) is 0. The average Bonchev–Trinajstić information content (AvgIpc) is 1.54. The standard InChI is InChI=1S/C112H77B2N5O/c1-112(2,3)79-67-101-106-102(68-79)118(109-83(74-38-14-6-15-39-74)51-32-52-84(109)75-40-16-7-17-41-75)99-66-78(72-34-10-4-11-35-72)60-63-92(99)114(106)108-103(117(101)94-55-27-22-46-82(94)73-36-12-5-13-37-73)71-104-107-111(108)120-105-70-81(116-97-58-30-25-49-89(97)90-50-26-31-59-98(90)116)62-65-93(105)113(107)91-64-61-80(115-95-56-28-23-47-87(95)88-48-24-29-57-96(88)115)69-100(91)119(104)110-85(76-42-18-8-19-43-76)53-33-54-86(110)77-44-20-9-21-45-77/h4-71H,1-3H3. The second-order valence-corrected chi connectivity index (χ2v) is 33.3. The Morgan fingerprint density at radius 3 is 1.06 bits per heavy atom. The van der Waals surface area contributed by atoms with Gasteiger partial charge < -0.3 is 28.6 Å². The average molecular weight is 1530 g/mol. The third-order valence-corrected chi connectivity index (χ3v) is 25.7. The lowest BCUT2D eigenvalue weighted by molar-refractivity contribution is 0.491. The smallest absolute Gasteiger partial charge is 0.256 e. The van der Waals surface area contributed by atoms with Crippen molar-refractivity contribution >= 4 is 141 Å². The van der Waals surface area contributed by atoms with E-state index in [1.54, 1.807) is 0 Å². The molecule has 0 unspecified atom stereocenters. The van der Waals surface area contributed by atoms with Gasteiger partial charge in [0.1, 0.15) is 11.5 Å². The molecule has 0 saturated heterocycles. The molecule has 18 aromatic carbocycles. The molecule has 2 aromatic heterocycles. The predicted octanol–water partition coefficient (Wildman–Crippen LogP) is 25.7. The molecule has 8 heteroatoms. The Hall–Kier alpha value is -15.1. The molecule has 0 spiro atoms. The van der Waals surface area contributed by atoms with Crippen LogP contribution in [-0.2, 0) is 5.41 Å². The summed E-state index contributed by atoms with van der Waals surface area (Å²) in [6, 6.07) is 154. The number of nitrogens with zero attached hydrogens (tertiary/aromatic N) is 5. The summed E-state index contributed by atoms with van der Waals surface area (Å²) in [5, 5.41) is 4.81. The highest BCUT2D eigenvalue weighted by atomic mass is 16.5. The van der Waals surface area contributed by atoms with Crippen LogP contribution in [0.5, 0.6) is 11.5 Å². The number of anilines is 9. The van der Waals surface area contributed by atoms with Crippen molar-refractivity contribution in [2.45, 2.75) is 26.2 Å². The fourth-order valence-corrected chi connectivity index (χ4v) is 20.4. The summed E-state index contributed by atoms with van der Waals surface area (Å²) < 4.78 is 13.6. The van der Waals surface area contributed by atoms with Gasteiger partial charge in [0.15, 0.2) is 0 Å². The molecule has 0 fully saturated rings. The molecular weight excluding hydrogens is 1450 g/mol. The molecule has 6 nitrogen and oxygen atoms in total. The van der Waals surface area contributed by atoms with E-state index >= 15 is 0 Å². The molecule has 0 N–H and O–H groups in total. The van der Waals surface area contributed by atoms with Crippen molar-refractivity contribution in [1.82, 2.24) is 9.13 Å². The maximum Gasteiger partial charge on any atom is 0.256 e. The maximum atomic E-state index is 8.67. The quantitative estimate of drug-likeness (QED) is 0.121. The summed E-state index contributed by atoms with van der Waals surface area (Å²) >= 11 is 0. The van der Waals surface area contributed by atoms with Gasteiger partial charge in [-0.15, -0.1) is 0 Å². The largest absolute Gasteiger partial charge is 0.459 e. The lowest BCUT2D eigenvalue weighted by atomic mass is 9.30. The monoisotopic (exact) mass is 1530 g/mol. The van der Waals surface area contributed by atoms with Gasteiger partial charge in [0, 0.05) is 101 Å². The van der Waals surface area contributed by atoms with Gasteiger partial charge in [-0.2, -0.15) is 0 Å². The molecule has 6 heterocycles. The van der Waals surface area contributed by atoms with E-state index in [0.29, 0.717) is 0 Å². The molecule has 24 rings (SSSR count). The number of fused-ring (bicyclic) bond motifs is 15. The molecule has 0 amide bonds. The van der Waals surface area contributed by atoms with Crippen molar-refractivity contribution in [2.75, 3.05) is 14.7 Å². The van der Waals surface area contributed by atoms with E-state index in [2.05, 4.69) is 457 Å². The van der Waals surface area contributed by atoms with Crippen LogP contribution in [0.15, 0.2) is 413 Å². The van der Waals surface area contributed by atoms with Gasteiger partial charge in [-0.1, -0.05) is 354 Å². The van der Waals surface area contributed by atoms with E-state index in [4.69, 9.17) is 4.74 Å². The molecule has 0 bridgehead atoms. The van der Waals surface area contributed by atoms with Crippen LogP contribution in [0.25, 0.3) is 122 Å². The molecule has 0 atom stereocenters. The third-order valence-electron chi connectivity index (χ3n) is 25.7. The molecule has 120 heavy (non-hydrogen) atoms. The summed E-state index contributed by atoms with van der Waals surface area (Å²) in [5.41, 5.74) is 37.2. The van der Waals surface area contributed by atoms with Gasteiger partial charge in [0.25, 0.3) is 13.4 Å². The lowest BCUT2D eigenvalue weighted by Crippen LogP contribution is -2.65. The number of ether oxygens (including phenoxy) is 1. The van der Waals surface area contributed by atoms with E-state index in [9.17, 15) is 0 Å². The van der Waals surface area contributed by atoms with Crippen LogP contribution in [0.2, 0.25) is 0 Å². The third kappa shape index (κ3) is 10.6. The van der Waals surface area contributed by atoms with E-state index in [1.165, 1.54) is 32.6 Å². The second-order valence-electron chi connectivity index (χ2n) is 33.3. The van der Waals surface area contributed by atoms with Crippen molar-refractivity contribution in [2.24, 2.45) is 0 Å². The molecule has 20 aromatic rings. The Kier molecular flexibility index (Phi) is 15.7. The molecule has 4 aliphatic rings. The summed E-state index contributed by atoms with van der Waals surface area (Å²) in [5.74, 6) is 1.64. The van der Waals surface area contributed by atoms with Gasteiger partial charge >= 0.3 is 0 Å². The second kappa shape index (κ2) is 27.3. The zero-order chi connectivity index (χ0) is 79.4. The van der Waals surface area contributed by atoms with Gasteiger partial charge in [-0.05, 0) is 155 Å². The molecule has 0 aliphatic carbocycles. The Bertz CT molecular complexity index is 7340. The van der Waals surface area contributed by atoms with Crippen molar-refractivity contribution in [3.63, 3.8) is 0 Å². The minimum atomic E-state index is -0.439. The fourth-order valence-electron chi connectivity index (χ4n) is 20.4. The number of rotatable bonds is 11. The number of aromatic nitrogens is 2. The topological polar surface area (TPSA) is 28.8 Å². The molecular formula is C112H77B2N5O. The van der Waals surface area contributed by atoms with Gasteiger partial charge in [-0.3, -0.25) is 0 Å². The molecule has 0 radical (unpaired) electrons. The van der Waals surface area contributed by atoms with Crippen molar-refractivity contribution in [1.29, 1.82) is 0 Å². The summed E-state index contributed by atoms with van der Waals surface area (Å²) in [6.45, 7) is 6.34. The minimum Gasteiger partial charge on any atom is -0.459 e. The first kappa shape index (κ1) is 69.2. The maximum absolute atomic E-state index is 8.67. The van der Waals surface area contributed by atoms with E-state index in [1.807, 2.05) is 0 Å². The number of para-hydroxylation sites is 7. The van der Waals surface area contributed by atoms with Gasteiger partial charge in [0.2, 0.25) is 0 Å². The Morgan fingerprint density at radius 1 is 0.233 bits per heavy atom. The Balaban J connectivity index is 0.888. The van der Waals surface area contributed by atoms with Crippen LogP contribution >= 0.6 is 0 Å². The first-order valence-electron chi connectivity index (χ1n) is 41.8. The van der Waals surface area contributed by atoms with Crippen LogP contribution in [0.3, 0.4) is 0 Å². The fraction of sp³-hybridized carbons (Fsp3) is 0.0357. The van der Waals surface area contributed by atoms with Crippen molar-refractivity contribution < 1.29 is 4.74 Å². The highest BCUT2D eigenvalue weighted by Gasteiger charge is 2.52. The number of hydrogen-bond acceptors (Lipinski definition) is 4. The predicted molar refractivity (Wildman–Crippen MR) is 506 cm³/mol. The minimum absolute atomic E-state index is 0.371.